The highest BCUT2D eigenvalue weighted by Gasteiger charge is 2.37. The van der Waals surface area contributed by atoms with E-state index in [1.165, 1.54) is 6.20 Å². The number of hydrogen-bond acceptors (Lipinski definition) is 3. The van der Waals surface area contributed by atoms with Crippen molar-refractivity contribution >= 4 is 9.84 Å². The second-order valence-corrected chi connectivity index (χ2v) is 6.74. The molecular formula is C10H15F3N2O2S. The standard InChI is InChI=1S/C10H15F3N2O2S/c1-7(2)8-6-15(4-5-18(3,16)17)14-9(8)10(11,12)13/h6-7H,4-5H2,1-3H3. The van der Waals surface area contributed by atoms with Gasteiger partial charge in [-0.2, -0.15) is 18.3 Å². The fourth-order valence-corrected chi connectivity index (χ4v) is 1.97. The van der Waals surface area contributed by atoms with E-state index in [-0.39, 0.29) is 23.8 Å². The summed E-state index contributed by atoms with van der Waals surface area (Å²) in [5.41, 5.74) is -0.859. The van der Waals surface area contributed by atoms with E-state index in [4.69, 9.17) is 0 Å². The van der Waals surface area contributed by atoms with Gasteiger partial charge in [-0.15, -0.1) is 0 Å². The third kappa shape index (κ3) is 4.01. The first-order valence-electron chi connectivity index (χ1n) is 5.33. The first-order chi connectivity index (χ1) is 8.00. The van der Waals surface area contributed by atoms with Crippen molar-refractivity contribution in [3.8, 4) is 0 Å². The lowest BCUT2D eigenvalue weighted by Crippen LogP contribution is -2.13. The Labute approximate surface area is 104 Å². The molecule has 0 saturated heterocycles. The Balaban J connectivity index is 3.04. The molecular weight excluding hydrogens is 269 g/mol. The molecule has 1 heterocycles. The fourth-order valence-electron chi connectivity index (χ4n) is 1.45. The van der Waals surface area contributed by atoms with Gasteiger partial charge in [-0.25, -0.2) is 8.42 Å². The normalized spacial score (nSPS) is 13.3. The lowest BCUT2D eigenvalue weighted by molar-refractivity contribution is -0.142. The van der Waals surface area contributed by atoms with E-state index in [1.54, 1.807) is 13.8 Å². The summed E-state index contributed by atoms with van der Waals surface area (Å²) in [6.45, 7) is 3.19. The zero-order valence-electron chi connectivity index (χ0n) is 10.3. The van der Waals surface area contributed by atoms with E-state index in [0.29, 0.717) is 0 Å². The van der Waals surface area contributed by atoms with Crippen molar-refractivity contribution in [3.63, 3.8) is 0 Å². The van der Waals surface area contributed by atoms with Gasteiger partial charge in [-0.1, -0.05) is 13.8 Å². The summed E-state index contributed by atoms with van der Waals surface area (Å²) in [6.07, 6.45) is -2.22. The van der Waals surface area contributed by atoms with Crippen LogP contribution in [0.4, 0.5) is 13.2 Å². The van der Waals surface area contributed by atoms with Gasteiger partial charge in [0.25, 0.3) is 0 Å². The summed E-state index contributed by atoms with van der Waals surface area (Å²) in [7, 11) is -3.22. The Kier molecular flexibility index (Phi) is 4.09. The van der Waals surface area contributed by atoms with E-state index in [1.807, 2.05) is 0 Å². The van der Waals surface area contributed by atoms with Gasteiger partial charge < -0.3 is 0 Å². The van der Waals surface area contributed by atoms with Crippen LogP contribution < -0.4 is 0 Å². The highest BCUT2D eigenvalue weighted by Crippen LogP contribution is 2.33. The number of aromatic nitrogens is 2. The van der Waals surface area contributed by atoms with Gasteiger partial charge in [0.1, 0.15) is 9.84 Å². The predicted molar refractivity (Wildman–Crippen MR) is 61.0 cm³/mol. The first-order valence-corrected chi connectivity index (χ1v) is 7.39. The minimum absolute atomic E-state index is 0.0748. The van der Waals surface area contributed by atoms with Crippen LogP contribution in [0.15, 0.2) is 6.20 Å². The highest BCUT2D eigenvalue weighted by molar-refractivity contribution is 7.90. The van der Waals surface area contributed by atoms with Crippen molar-refractivity contribution in [2.24, 2.45) is 0 Å². The molecule has 104 valence electrons. The lowest BCUT2D eigenvalue weighted by atomic mass is 10.0. The number of aryl methyl sites for hydroxylation is 1. The van der Waals surface area contributed by atoms with Crippen LogP contribution in [-0.2, 0) is 22.6 Å². The zero-order valence-corrected chi connectivity index (χ0v) is 11.1. The fraction of sp³-hybridized carbons (Fsp3) is 0.700. The van der Waals surface area contributed by atoms with Crippen molar-refractivity contribution in [2.75, 3.05) is 12.0 Å². The van der Waals surface area contributed by atoms with Gasteiger partial charge in [-0.3, -0.25) is 4.68 Å². The summed E-state index contributed by atoms with van der Waals surface area (Å²) >= 11 is 0. The quantitative estimate of drug-likeness (QED) is 0.850. The molecule has 8 heteroatoms. The van der Waals surface area contributed by atoms with Gasteiger partial charge in [0.15, 0.2) is 5.69 Å². The molecule has 0 aromatic carbocycles. The molecule has 1 aromatic heterocycles. The summed E-state index contributed by atoms with van der Waals surface area (Å²) in [4.78, 5) is 0. The van der Waals surface area contributed by atoms with Crippen molar-refractivity contribution in [1.82, 2.24) is 9.78 Å². The van der Waals surface area contributed by atoms with Crippen molar-refractivity contribution in [3.05, 3.63) is 17.5 Å². The average Bonchev–Trinajstić information content (AvgIpc) is 2.56. The third-order valence-electron chi connectivity index (χ3n) is 2.37. The number of nitrogens with zero attached hydrogens (tertiary/aromatic N) is 2. The molecule has 0 radical (unpaired) electrons. The Morgan fingerprint density at radius 2 is 1.94 bits per heavy atom. The molecule has 0 aliphatic heterocycles. The van der Waals surface area contributed by atoms with Gasteiger partial charge in [-0.05, 0) is 5.92 Å². The van der Waals surface area contributed by atoms with Crippen LogP contribution >= 0.6 is 0 Å². The number of halogens is 3. The van der Waals surface area contributed by atoms with E-state index in [9.17, 15) is 21.6 Å². The van der Waals surface area contributed by atoms with E-state index in [2.05, 4.69) is 5.10 Å². The smallest absolute Gasteiger partial charge is 0.271 e. The molecule has 0 unspecified atom stereocenters. The number of alkyl halides is 3. The minimum atomic E-state index is -4.52. The molecule has 0 saturated carbocycles. The van der Waals surface area contributed by atoms with E-state index in [0.717, 1.165) is 10.9 Å². The summed E-state index contributed by atoms with van der Waals surface area (Å²) in [5, 5.41) is 3.43. The summed E-state index contributed by atoms with van der Waals surface area (Å²) < 4.78 is 61.1. The Hall–Kier alpha value is -1.05. The minimum Gasteiger partial charge on any atom is -0.271 e. The number of rotatable bonds is 4. The van der Waals surface area contributed by atoms with Gasteiger partial charge in [0.05, 0.1) is 12.3 Å². The summed E-state index contributed by atoms with van der Waals surface area (Å²) in [6, 6.07) is 0. The maximum atomic E-state index is 12.7. The summed E-state index contributed by atoms with van der Waals surface area (Å²) in [5.74, 6) is -0.558. The number of sulfone groups is 1. The maximum absolute atomic E-state index is 12.7. The van der Waals surface area contributed by atoms with Crippen molar-refractivity contribution in [1.29, 1.82) is 0 Å². The molecule has 18 heavy (non-hydrogen) atoms. The lowest BCUT2D eigenvalue weighted by Gasteiger charge is -2.07. The predicted octanol–water partition coefficient (Wildman–Crippen LogP) is 2.07. The second-order valence-electron chi connectivity index (χ2n) is 4.48. The van der Waals surface area contributed by atoms with Crippen molar-refractivity contribution in [2.45, 2.75) is 32.5 Å². The first kappa shape index (κ1) is 15.0. The topological polar surface area (TPSA) is 52.0 Å². The molecule has 0 aliphatic carbocycles. The van der Waals surface area contributed by atoms with Crippen LogP contribution in [0.2, 0.25) is 0 Å². The van der Waals surface area contributed by atoms with E-state index >= 15 is 0 Å². The molecule has 0 N–H and O–H groups in total. The van der Waals surface area contributed by atoms with Crippen LogP contribution in [0.25, 0.3) is 0 Å². The molecule has 1 aromatic rings. The molecule has 0 aliphatic rings. The Bertz CT molecular complexity index is 518. The maximum Gasteiger partial charge on any atom is 0.435 e. The molecule has 0 fully saturated rings. The molecule has 0 atom stereocenters. The molecule has 0 spiro atoms. The SMILES string of the molecule is CC(C)c1cn(CCS(C)(=O)=O)nc1C(F)(F)F. The van der Waals surface area contributed by atoms with Crippen LogP contribution in [0, 0.1) is 0 Å². The van der Waals surface area contributed by atoms with Crippen LogP contribution in [0.1, 0.15) is 31.0 Å². The van der Waals surface area contributed by atoms with Gasteiger partial charge in [0.2, 0.25) is 0 Å². The Morgan fingerprint density at radius 1 is 1.39 bits per heavy atom. The second kappa shape index (κ2) is 4.91. The Morgan fingerprint density at radius 3 is 2.28 bits per heavy atom. The largest absolute Gasteiger partial charge is 0.435 e. The van der Waals surface area contributed by atoms with Crippen LogP contribution in [0.3, 0.4) is 0 Å². The van der Waals surface area contributed by atoms with Crippen LogP contribution in [-0.4, -0.2) is 30.2 Å². The molecule has 4 nitrogen and oxygen atoms in total. The van der Waals surface area contributed by atoms with Crippen LogP contribution in [0.5, 0.6) is 0 Å². The monoisotopic (exact) mass is 284 g/mol. The third-order valence-corrected chi connectivity index (χ3v) is 3.30. The zero-order chi connectivity index (χ0) is 14.1. The molecule has 0 amide bonds. The van der Waals surface area contributed by atoms with Crippen molar-refractivity contribution < 1.29 is 21.6 Å². The number of hydrogen-bond donors (Lipinski definition) is 0. The highest BCUT2D eigenvalue weighted by atomic mass is 32.2. The van der Waals surface area contributed by atoms with Gasteiger partial charge in [0, 0.05) is 18.0 Å². The molecule has 0 bridgehead atoms. The average molecular weight is 284 g/mol. The molecule has 1 rings (SSSR count). The van der Waals surface area contributed by atoms with E-state index < -0.39 is 21.7 Å². The van der Waals surface area contributed by atoms with Gasteiger partial charge >= 0.3 is 6.18 Å².